The maximum atomic E-state index is 14.1. The molecular formula is C22H19FN6S. The van der Waals surface area contributed by atoms with Gasteiger partial charge < -0.3 is 9.80 Å². The first-order valence-electron chi connectivity index (χ1n) is 9.71. The predicted molar refractivity (Wildman–Crippen MR) is 117 cm³/mol. The molecule has 1 saturated heterocycles. The molecule has 0 unspecified atom stereocenters. The standard InChI is InChI=1S/C22H19FN6S/c23-17-4-1-2-5-19(17)28-9-11-29(12-10-28)22-26-14-16(18-15-24-7-8-25-18)21(27-22)20-6-3-13-30-20/h1-8,13-15H,9-12H2. The van der Waals surface area contributed by atoms with Gasteiger partial charge in [0.05, 0.1) is 28.1 Å². The zero-order valence-electron chi connectivity index (χ0n) is 16.1. The summed E-state index contributed by atoms with van der Waals surface area (Å²) >= 11 is 1.63. The SMILES string of the molecule is Fc1ccccc1N1CCN(c2ncc(-c3cnccn3)c(-c3cccs3)n2)CC1. The molecule has 30 heavy (non-hydrogen) atoms. The highest BCUT2D eigenvalue weighted by Crippen LogP contribution is 2.33. The molecule has 0 spiro atoms. The summed E-state index contributed by atoms with van der Waals surface area (Å²) in [6.07, 6.45) is 6.87. The summed E-state index contributed by atoms with van der Waals surface area (Å²) in [6, 6.07) is 11.0. The van der Waals surface area contributed by atoms with Gasteiger partial charge in [0.1, 0.15) is 5.82 Å². The number of piperazine rings is 1. The molecule has 0 atom stereocenters. The van der Waals surface area contributed by atoms with Gasteiger partial charge in [0, 0.05) is 50.3 Å². The molecule has 8 heteroatoms. The lowest BCUT2D eigenvalue weighted by Gasteiger charge is -2.36. The van der Waals surface area contributed by atoms with Crippen molar-refractivity contribution in [3.05, 3.63) is 72.4 Å². The summed E-state index contributed by atoms with van der Waals surface area (Å²) in [7, 11) is 0. The summed E-state index contributed by atoms with van der Waals surface area (Å²) in [4.78, 5) is 23.4. The second kappa shape index (κ2) is 8.16. The number of anilines is 2. The number of nitrogens with zero attached hydrogens (tertiary/aromatic N) is 6. The maximum Gasteiger partial charge on any atom is 0.226 e. The number of hydrogen-bond donors (Lipinski definition) is 0. The van der Waals surface area contributed by atoms with Crippen molar-refractivity contribution in [3.63, 3.8) is 0 Å². The molecule has 1 fully saturated rings. The van der Waals surface area contributed by atoms with Gasteiger partial charge in [-0.3, -0.25) is 9.97 Å². The summed E-state index contributed by atoms with van der Waals surface area (Å²) in [5.74, 6) is 0.495. The highest BCUT2D eigenvalue weighted by molar-refractivity contribution is 7.13. The Bertz CT molecular complexity index is 1130. The van der Waals surface area contributed by atoms with Crippen LogP contribution in [0.5, 0.6) is 0 Å². The van der Waals surface area contributed by atoms with E-state index >= 15 is 0 Å². The predicted octanol–water partition coefficient (Wildman–Crippen LogP) is 4.13. The summed E-state index contributed by atoms with van der Waals surface area (Å²) in [5, 5.41) is 2.03. The van der Waals surface area contributed by atoms with E-state index in [2.05, 4.69) is 24.8 Å². The highest BCUT2D eigenvalue weighted by Gasteiger charge is 2.22. The number of para-hydroxylation sites is 1. The van der Waals surface area contributed by atoms with Crippen molar-refractivity contribution < 1.29 is 4.39 Å². The zero-order chi connectivity index (χ0) is 20.3. The minimum Gasteiger partial charge on any atom is -0.366 e. The van der Waals surface area contributed by atoms with E-state index in [-0.39, 0.29) is 5.82 Å². The molecule has 0 amide bonds. The van der Waals surface area contributed by atoms with Gasteiger partial charge in [-0.2, -0.15) is 0 Å². The van der Waals surface area contributed by atoms with Crippen LogP contribution < -0.4 is 9.80 Å². The molecule has 150 valence electrons. The largest absolute Gasteiger partial charge is 0.366 e. The van der Waals surface area contributed by atoms with E-state index in [0.29, 0.717) is 24.7 Å². The highest BCUT2D eigenvalue weighted by atomic mass is 32.1. The summed E-state index contributed by atoms with van der Waals surface area (Å²) in [6.45, 7) is 2.88. The molecule has 1 aliphatic heterocycles. The van der Waals surface area contributed by atoms with Crippen molar-refractivity contribution in [2.45, 2.75) is 0 Å². The number of benzene rings is 1. The van der Waals surface area contributed by atoms with Gasteiger partial charge in [-0.1, -0.05) is 18.2 Å². The molecule has 4 aromatic rings. The van der Waals surface area contributed by atoms with E-state index in [1.165, 1.54) is 6.07 Å². The van der Waals surface area contributed by atoms with Crippen LogP contribution in [0.15, 0.2) is 66.6 Å². The van der Waals surface area contributed by atoms with Crippen LogP contribution in [0.1, 0.15) is 0 Å². The number of halogens is 1. The number of thiophene rings is 1. The van der Waals surface area contributed by atoms with Crippen LogP contribution in [0, 0.1) is 5.82 Å². The monoisotopic (exact) mass is 418 g/mol. The van der Waals surface area contributed by atoms with Crippen LogP contribution in [-0.2, 0) is 0 Å². The molecule has 4 heterocycles. The van der Waals surface area contributed by atoms with Crippen molar-refractivity contribution in [2.75, 3.05) is 36.0 Å². The van der Waals surface area contributed by atoms with Crippen LogP contribution in [0.3, 0.4) is 0 Å². The van der Waals surface area contributed by atoms with Crippen molar-refractivity contribution >= 4 is 23.0 Å². The second-order valence-electron chi connectivity index (χ2n) is 6.93. The van der Waals surface area contributed by atoms with E-state index in [1.54, 1.807) is 36.0 Å². The van der Waals surface area contributed by atoms with Crippen molar-refractivity contribution in [2.24, 2.45) is 0 Å². The Morgan fingerprint density at radius 1 is 0.867 bits per heavy atom. The van der Waals surface area contributed by atoms with Crippen LogP contribution in [0.25, 0.3) is 21.8 Å². The topological polar surface area (TPSA) is 58.0 Å². The van der Waals surface area contributed by atoms with Gasteiger partial charge in [-0.25, -0.2) is 14.4 Å². The van der Waals surface area contributed by atoms with Gasteiger partial charge in [-0.15, -0.1) is 11.3 Å². The normalized spacial score (nSPS) is 14.2. The third-order valence-electron chi connectivity index (χ3n) is 5.13. The lowest BCUT2D eigenvalue weighted by Crippen LogP contribution is -2.47. The average Bonchev–Trinajstić information content (AvgIpc) is 3.35. The first kappa shape index (κ1) is 18.6. The van der Waals surface area contributed by atoms with Gasteiger partial charge in [-0.05, 0) is 23.6 Å². The summed E-state index contributed by atoms with van der Waals surface area (Å²) < 4.78 is 14.1. The van der Waals surface area contributed by atoms with Gasteiger partial charge in [0.25, 0.3) is 0 Å². The van der Waals surface area contributed by atoms with Gasteiger partial charge in [0.15, 0.2) is 0 Å². The van der Waals surface area contributed by atoms with Crippen LogP contribution in [0.4, 0.5) is 16.0 Å². The van der Waals surface area contributed by atoms with E-state index < -0.39 is 0 Å². The lowest BCUT2D eigenvalue weighted by molar-refractivity contribution is 0.594. The molecular weight excluding hydrogens is 399 g/mol. The Labute approximate surface area is 177 Å². The summed E-state index contributed by atoms with van der Waals surface area (Å²) in [5.41, 5.74) is 3.11. The molecule has 3 aromatic heterocycles. The first-order valence-corrected chi connectivity index (χ1v) is 10.6. The Balaban J connectivity index is 1.42. The smallest absolute Gasteiger partial charge is 0.226 e. The fourth-order valence-electron chi connectivity index (χ4n) is 3.61. The molecule has 1 aromatic carbocycles. The van der Waals surface area contributed by atoms with Crippen LogP contribution in [-0.4, -0.2) is 46.1 Å². The fraction of sp³-hybridized carbons (Fsp3) is 0.182. The van der Waals surface area contributed by atoms with Gasteiger partial charge >= 0.3 is 0 Å². The molecule has 0 aliphatic carbocycles. The quantitative estimate of drug-likeness (QED) is 0.497. The first-order chi connectivity index (χ1) is 14.8. The van der Waals surface area contributed by atoms with E-state index in [0.717, 1.165) is 34.9 Å². The fourth-order valence-corrected chi connectivity index (χ4v) is 4.34. The van der Waals surface area contributed by atoms with Crippen molar-refractivity contribution in [1.82, 2.24) is 19.9 Å². The van der Waals surface area contributed by atoms with E-state index in [1.807, 2.05) is 35.8 Å². The van der Waals surface area contributed by atoms with Gasteiger partial charge in [0.2, 0.25) is 5.95 Å². The minimum absolute atomic E-state index is 0.185. The van der Waals surface area contributed by atoms with Crippen molar-refractivity contribution in [3.8, 4) is 21.8 Å². The number of rotatable bonds is 4. The molecule has 6 nitrogen and oxygen atoms in total. The Morgan fingerprint density at radius 2 is 1.70 bits per heavy atom. The molecule has 0 bridgehead atoms. The third-order valence-corrected chi connectivity index (χ3v) is 6.00. The molecule has 0 saturated carbocycles. The Morgan fingerprint density at radius 3 is 2.43 bits per heavy atom. The van der Waals surface area contributed by atoms with E-state index in [9.17, 15) is 4.39 Å². The molecule has 0 N–H and O–H groups in total. The second-order valence-corrected chi connectivity index (χ2v) is 7.87. The Kier molecular flexibility index (Phi) is 5.06. The molecule has 5 rings (SSSR count). The number of hydrogen-bond acceptors (Lipinski definition) is 7. The van der Waals surface area contributed by atoms with Crippen molar-refractivity contribution in [1.29, 1.82) is 0 Å². The Hall–Kier alpha value is -3.39. The van der Waals surface area contributed by atoms with Crippen LogP contribution >= 0.6 is 11.3 Å². The maximum absolute atomic E-state index is 14.1. The number of aromatic nitrogens is 4. The molecule has 1 aliphatic rings. The van der Waals surface area contributed by atoms with Crippen LogP contribution in [0.2, 0.25) is 0 Å². The van der Waals surface area contributed by atoms with E-state index in [4.69, 9.17) is 4.98 Å². The third kappa shape index (κ3) is 3.61. The minimum atomic E-state index is -0.185. The average molecular weight is 419 g/mol. The molecule has 0 radical (unpaired) electrons. The zero-order valence-corrected chi connectivity index (χ0v) is 17.0. The lowest BCUT2D eigenvalue weighted by atomic mass is 10.1.